The smallest absolute Gasteiger partial charge is 1.00 e. The van der Waals surface area contributed by atoms with E-state index in [1.54, 1.807) is 0 Å². The zero-order valence-corrected chi connectivity index (χ0v) is 6.86. The van der Waals surface area contributed by atoms with Crippen LogP contribution in [0.15, 0.2) is 0 Å². The summed E-state index contributed by atoms with van der Waals surface area (Å²) in [5.74, 6) is 0. The third-order valence-corrected chi connectivity index (χ3v) is 0. The minimum Gasteiger partial charge on any atom is -1.00 e. The second kappa shape index (κ2) is 19.0. The molecular formula is H6CaCl2S. The van der Waals surface area contributed by atoms with Gasteiger partial charge in [-0.25, -0.2) is 0 Å². The van der Waals surface area contributed by atoms with E-state index in [1.807, 2.05) is 0 Å². The molecule has 0 aromatic rings. The molecular weight excluding hydrogens is 143 g/mol. The van der Waals surface area contributed by atoms with Crippen LogP contribution in [0, 0.1) is 0 Å². The van der Waals surface area contributed by atoms with Crippen LogP contribution >= 0.6 is 38.3 Å². The van der Waals surface area contributed by atoms with E-state index in [0.29, 0.717) is 0 Å². The summed E-state index contributed by atoms with van der Waals surface area (Å²) in [4.78, 5) is 0. The van der Waals surface area contributed by atoms with Crippen LogP contribution in [-0.2, 0) is 0 Å². The quantitative estimate of drug-likeness (QED) is 0.447. The number of hydrogen-bond donors (Lipinski definition) is 0. The first-order chi connectivity index (χ1) is 0. The minimum absolute atomic E-state index is 0. The maximum atomic E-state index is 0. The second-order valence-corrected chi connectivity index (χ2v) is 0. The van der Waals surface area contributed by atoms with Crippen LogP contribution in [0.4, 0.5) is 0 Å². The summed E-state index contributed by atoms with van der Waals surface area (Å²) in [6.45, 7) is 0. The number of halogens is 2. The Morgan fingerprint density at radius 2 is 1.00 bits per heavy atom. The summed E-state index contributed by atoms with van der Waals surface area (Å²) in [5.41, 5.74) is 0. The molecule has 0 rings (SSSR count). The topological polar surface area (TPSA) is 0 Å². The Morgan fingerprint density at radius 1 is 1.00 bits per heavy atom. The summed E-state index contributed by atoms with van der Waals surface area (Å²) in [6, 6.07) is 0. The molecule has 0 saturated carbocycles. The molecule has 0 nitrogen and oxygen atoms in total. The van der Waals surface area contributed by atoms with Gasteiger partial charge in [-0.2, -0.15) is 13.5 Å². The zero-order chi connectivity index (χ0) is 0. The predicted octanol–water partition coefficient (Wildman–Crippen LogP) is 0.801. The third-order valence-electron chi connectivity index (χ3n) is 0. The summed E-state index contributed by atoms with van der Waals surface area (Å²) < 4.78 is 0. The molecule has 4 heteroatoms. The fourth-order valence-corrected chi connectivity index (χ4v) is 0. The van der Waals surface area contributed by atoms with Crippen molar-refractivity contribution in [3.05, 3.63) is 0 Å². The number of rotatable bonds is 0. The van der Waals surface area contributed by atoms with E-state index in [9.17, 15) is 0 Å². The van der Waals surface area contributed by atoms with Crippen LogP contribution in [0.1, 0.15) is 2.85 Å². The van der Waals surface area contributed by atoms with Crippen molar-refractivity contribution >= 4 is 76.0 Å². The second-order valence-electron chi connectivity index (χ2n) is 0. The number of hydrogen-bond acceptors (Lipinski definition) is 0. The van der Waals surface area contributed by atoms with E-state index in [2.05, 4.69) is 0 Å². The van der Waals surface area contributed by atoms with Crippen molar-refractivity contribution in [3.63, 3.8) is 0 Å². The van der Waals surface area contributed by atoms with Gasteiger partial charge in [-0.3, -0.25) is 0 Å². The van der Waals surface area contributed by atoms with Gasteiger partial charge in [0, 0.05) is 0 Å². The Labute approximate surface area is 78.0 Å². The molecule has 4 heavy (non-hydrogen) atoms. The van der Waals surface area contributed by atoms with Crippen molar-refractivity contribution < 1.29 is 2.85 Å². The molecule has 0 unspecified atom stereocenters. The summed E-state index contributed by atoms with van der Waals surface area (Å²) in [7, 11) is 0. The van der Waals surface area contributed by atoms with Gasteiger partial charge >= 0.3 is 37.7 Å². The maximum Gasteiger partial charge on any atom is 2.00 e. The first-order valence-corrected chi connectivity index (χ1v) is 0. The Kier molecular flexibility index (Phi) is 165. The van der Waals surface area contributed by atoms with Crippen molar-refractivity contribution in [1.82, 2.24) is 0 Å². The molecule has 0 aliphatic heterocycles. The molecule has 0 atom stereocenters. The molecule has 0 spiro atoms. The Morgan fingerprint density at radius 3 is 1.00 bits per heavy atom. The molecule has 0 amide bonds. The van der Waals surface area contributed by atoms with Crippen LogP contribution in [-0.4, -0.2) is 37.7 Å². The molecule has 0 saturated heterocycles. The van der Waals surface area contributed by atoms with Gasteiger partial charge in [0.25, 0.3) is 0 Å². The average Bonchev–Trinajstić information content (AvgIpc) is 0. The van der Waals surface area contributed by atoms with Crippen LogP contribution in [0.3, 0.4) is 0 Å². The summed E-state index contributed by atoms with van der Waals surface area (Å²) in [5, 5.41) is 0. The van der Waals surface area contributed by atoms with Crippen LogP contribution in [0.5, 0.6) is 0 Å². The maximum absolute atomic E-state index is 0. The Bertz CT molecular complexity index is 11.5. The van der Waals surface area contributed by atoms with E-state index < -0.39 is 0 Å². The van der Waals surface area contributed by atoms with Gasteiger partial charge < -0.3 is 2.85 Å². The van der Waals surface area contributed by atoms with E-state index >= 15 is 0 Å². The van der Waals surface area contributed by atoms with E-state index in [-0.39, 0.29) is 78.9 Å². The third kappa shape index (κ3) is 8.89. The molecule has 0 aliphatic carbocycles. The van der Waals surface area contributed by atoms with Crippen LogP contribution < -0.4 is 0 Å². The normalized spacial score (nSPS) is 0. The van der Waals surface area contributed by atoms with Crippen molar-refractivity contribution in [3.8, 4) is 0 Å². The van der Waals surface area contributed by atoms with Gasteiger partial charge in [-0.05, 0) is 0 Å². The molecule has 0 N–H and O–H groups in total. The Balaban J connectivity index is 0. The van der Waals surface area contributed by atoms with Crippen molar-refractivity contribution in [1.29, 1.82) is 0 Å². The SMILES string of the molecule is Cl.Cl.S.[Ca+2].[H-].[H-]. The first-order valence-electron chi connectivity index (χ1n) is 0. The van der Waals surface area contributed by atoms with Gasteiger partial charge in [-0.15, -0.1) is 24.8 Å². The first kappa shape index (κ1) is 34.8. The fraction of sp³-hybridized carbons (Fsp3) is 0. The Hall–Kier alpha value is 2.19. The minimum atomic E-state index is 0. The molecule has 0 aliphatic rings. The molecule has 28 valence electrons. The van der Waals surface area contributed by atoms with Gasteiger partial charge in [0.1, 0.15) is 0 Å². The fourth-order valence-electron chi connectivity index (χ4n) is 0. The van der Waals surface area contributed by atoms with Gasteiger partial charge in [-0.1, -0.05) is 0 Å². The predicted molar refractivity (Wildman–Crippen MR) is 32.9 cm³/mol. The molecule has 0 radical (unpaired) electrons. The largest absolute Gasteiger partial charge is 2.00 e. The van der Waals surface area contributed by atoms with Crippen molar-refractivity contribution in [2.24, 2.45) is 0 Å². The van der Waals surface area contributed by atoms with Gasteiger partial charge in [0.2, 0.25) is 0 Å². The average molecular weight is 149 g/mol. The molecule has 0 aromatic heterocycles. The summed E-state index contributed by atoms with van der Waals surface area (Å²) >= 11 is 0. The monoisotopic (exact) mass is 148 g/mol. The molecule has 0 bridgehead atoms. The van der Waals surface area contributed by atoms with Crippen molar-refractivity contribution in [2.45, 2.75) is 0 Å². The van der Waals surface area contributed by atoms with E-state index in [1.165, 1.54) is 0 Å². The standard InChI is InChI=1S/Ca.2ClH.H2S.2H/h;2*1H;1H2;;/q+2;;;;2*-1. The van der Waals surface area contributed by atoms with Gasteiger partial charge in [0.15, 0.2) is 0 Å². The molecule has 0 fully saturated rings. The molecule has 0 heterocycles. The van der Waals surface area contributed by atoms with Crippen molar-refractivity contribution in [2.75, 3.05) is 0 Å². The van der Waals surface area contributed by atoms with Crippen LogP contribution in [0.25, 0.3) is 0 Å². The van der Waals surface area contributed by atoms with Crippen LogP contribution in [0.2, 0.25) is 0 Å². The molecule has 0 aromatic carbocycles. The van der Waals surface area contributed by atoms with E-state index in [0.717, 1.165) is 0 Å². The van der Waals surface area contributed by atoms with E-state index in [4.69, 9.17) is 0 Å². The zero-order valence-electron chi connectivity index (χ0n) is 4.02. The van der Waals surface area contributed by atoms with Gasteiger partial charge in [0.05, 0.1) is 0 Å². The summed E-state index contributed by atoms with van der Waals surface area (Å²) in [6.07, 6.45) is 0.